The van der Waals surface area contributed by atoms with Crippen LogP contribution in [-0.4, -0.2) is 36.1 Å². The summed E-state index contributed by atoms with van der Waals surface area (Å²) in [6, 6.07) is 0. The lowest BCUT2D eigenvalue weighted by atomic mass is 9.85. The van der Waals surface area contributed by atoms with Crippen LogP contribution in [0.4, 0.5) is 4.79 Å². The third-order valence-electron chi connectivity index (χ3n) is 4.22. The van der Waals surface area contributed by atoms with Gasteiger partial charge in [-0.1, -0.05) is 32.1 Å². The average molecular weight is 268 g/mol. The number of carbonyl (C=O) groups is 2. The molecule has 1 heterocycles. The molecule has 0 radical (unpaired) electrons. The van der Waals surface area contributed by atoms with Crippen LogP contribution in [0.1, 0.15) is 51.4 Å². The Balaban J connectivity index is 1.93. The zero-order chi connectivity index (χ0) is 13.7. The number of ether oxygens (including phenoxy) is 1. The number of carbonyl (C=O) groups excluding carboxylic acids is 2. The van der Waals surface area contributed by atoms with Gasteiger partial charge in [-0.25, -0.2) is 4.79 Å². The molecule has 1 atom stereocenters. The highest BCUT2D eigenvalue weighted by Crippen LogP contribution is 2.29. The zero-order valence-electron chi connectivity index (χ0n) is 11.5. The van der Waals surface area contributed by atoms with Gasteiger partial charge in [-0.15, -0.1) is 0 Å². The molecule has 0 aromatic heterocycles. The molecular formula is C14H24N2O3. The molecule has 0 spiro atoms. The second-order valence-electron chi connectivity index (χ2n) is 5.70. The molecule has 1 aliphatic heterocycles. The van der Waals surface area contributed by atoms with Crippen LogP contribution >= 0.6 is 0 Å². The number of hydrogen-bond donors (Lipinski definition) is 1. The third-order valence-corrected chi connectivity index (χ3v) is 4.22. The van der Waals surface area contributed by atoms with E-state index >= 15 is 0 Å². The Morgan fingerprint density at radius 1 is 1.11 bits per heavy atom. The topological polar surface area (TPSA) is 72.6 Å². The average Bonchev–Trinajstić information content (AvgIpc) is 2.91. The van der Waals surface area contributed by atoms with Gasteiger partial charge in [-0.2, -0.15) is 0 Å². The van der Waals surface area contributed by atoms with Gasteiger partial charge in [0, 0.05) is 13.1 Å². The lowest BCUT2D eigenvalue weighted by Gasteiger charge is -2.28. The van der Waals surface area contributed by atoms with Gasteiger partial charge in [-0.3, -0.25) is 4.79 Å². The number of amides is 2. The Kier molecular flexibility index (Phi) is 5.05. The normalized spacial score (nSPS) is 22.2. The first kappa shape index (κ1) is 14.2. The predicted molar refractivity (Wildman–Crippen MR) is 71.5 cm³/mol. The van der Waals surface area contributed by atoms with Gasteiger partial charge < -0.3 is 15.4 Å². The van der Waals surface area contributed by atoms with Crippen LogP contribution in [0.15, 0.2) is 0 Å². The largest absolute Gasteiger partial charge is 0.436 e. The van der Waals surface area contributed by atoms with Gasteiger partial charge in [0.1, 0.15) is 0 Å². The molecule has 108 valence electrons. The summed E-state index contributed by atoms with van der Waals surface area (Å²) in [5.74, 6) is 0.437. The van der Waals surface area contributed by atoms with Crippen LogP contribution in [0.3, 0.4) is 0 Å². The van der Waals surface area contributed by atoms with Crippen molar-refractivity contribution in [2.24, 2.45) is 11.7 Å². The molecule has 0 bridgehead atoms. The van der Waals surface area contributed by atoms with Gasteiger partial charge in [0.15, 0.2) is 6.10 Å². The monoisotopic (exact) mass is 268 g/mol. The number of likely N-dealkylation sites (tertiary alicyclic amines) is 1. The van der Waals surface area contributed by atoms with Gasteiger partial charge >= 0.3 is 6.09 Å². The molecule has 5 nitrogen and oxygen atoms in total. The molecule has 1 saturated carbocycles. The fourth-order valence-corrected chi connectivity index (χ4v) is 3.21. The predicted octanol–water partition coefficient (Wildman–Crippen LogP) is 2.04. The SMILES string of the molecule is NC(=O)O[C@@H](CC1CCCCC1)C(=O)N1CCCC1. The Morgan fingerprint density at radius 3 is 2.32 bits per heavy atom. The fraction of sp³-hybridized carbons (Fsp3) is 0.857. The van der Waals surface area contributed by atoms with E-state index in [1.807, 2.05) is 0 Å². The first-order valence-corrected chi connectivity index (χ1v) is 7.41. The van der Waals surface area contributed by atoms with E-state index in [0.717, 1.165) is 38.8 Å². The van der Waals surface area contributed by atoms with Crippen molar-refractivity contribution in [3.05, 3.63) is 0 Å². The number of primary amides is 1. The number of nitrogens with two attached hydrogens (primary N) is 1. The van der Waals surface area contributed by atoms with E-state index in [-0.39, 0.29) is 5.91 Å². The maximum Gasteiger partial charge on any atom is 0.405 e. The maximum atomic E-state index is 12.3. The van der Waals surface area contributed by atoms with Crippen molar-refractivity contribution >= 4 is 12.0 Å². The molecule has 2 rings (SSSR count). The van der Waals surface area contributed by atoms with Crippen LogP contribution in [0.5, 0.6) is 0 Å². The molecule has 0 aromatic rings. The van der Waals surface area contributed by atoms with E-state index in [2.05, 4.69) is 0 Å². The number of hydrogen-bond acceptors (Lipinski definition) is 3. The third kappa shape index (κ3) is 4.11. The van der Waals surface area contributed by atoms with Crippen molar-refractivity contribution in [2.75, 3.05) is 13.1 Å². The van der Waals surface area contributed by atoms with E-state index in [1.165, 1.54) is 19.3 Å². The Labute approximate surface area is 114 Å². The minimum atomic E-state index is -0.839. The number of nitrogens with zero attached hydrogens (tertiary/aromatic N) is 1. The van der Waals surface area contributed by atoms with Crippen molar-refractivity contribution in [3.8, 4) is 0 Å². The zero-order valence-corrected chi connectivity index (χ0v) is 11.5. The Hall–Kier alpha value is -1.26. The van der Waals surface area contributed by atoms with E-state index in [4.69, 9.17) is 10.5 Å². The lowest BCUT2D eigenvalue weighted by Crippen LogP contribution is -2.41. The Morgan fingerprint density at radius 2 is 1.74 bits per heavy atom. The van der Waals surface area contributed by atoms with E-state index < -0.39 is 12.2 Å². The summed E-state index contributed by atoms with van der Waals surface area (Å²) in [5, 5.41) is 0. The van der Waals surface area contributed by atoms with Crippen LogP contribution in [0.25, 0.3) is 0 Å². The molecule has 2 N–H and O–H groups in total. The van der Waals surface area contributed by atoms with Crippen molar-refractivity contribution < 1.29 is 14.3 Å². The quantitative estimate of drug-likeness (QED) is 0.848. The van der Waals surface area contributed by atoms with Crippen LogP contribution < -0.4 is 5.73 Å². The maximum absolute atomic E-state index is 12.3. The standard InChI is InChI=1S/C14H24N2O3/c15-14(18)19-12(10-11-6-2-1-3-7-11)13(17)16-8-4-5-9-16/h11-12H,1-10H2,(H2,15,18)/t12-/m0/s1. The molecule has 1 aliphatic carbocycles. The molecule has 1 saturated heterocycles. The highest BCUT2D eigenvalue weighted by Gasteiger charge is 2.31. The molecular weight excluding hydrogens is 244 g/mol. The Bertz CT molecular complexity index is 321. The second kappa shape index (κ2) is 6.78. The minimum absolute atomic E-state index is 0.0538. The number of rotatable bonds is 4. The molecule has 0 aromatic carbocycles. The van der Waals surface area contributed by atoms with Crippen molar-refractivity contribution in [1.29, 1.82) is 0 Å². The summed E-state index contributed by atoms with van der Waals surface area (Å²) in [4.78, 5) is 25.1. The second-order valence-corrected chi connectivity index (χ2v) is 5.70. The molecule has 5 heteroatoms. The lowest BCUT2D eigenvalue weighted by molar-refractivity contribution is -0.140. The highest BCUT2D eigenvalue weighted by molar-refractivity contribution is 5.83. The van der Waals surface area contributed by atoms with E-state index in [0.29, 0.717) is 12.3 Å². The summed E-state index contributed by atoms with van der Waals surface area (Å²) in [6.45, 7) is 1.56. The molecule has 2 fully saturated rings. The summed E-state index contributed by atoms with van der Waals surface area (Å²) in [6.07, 6.45) is 7.18. The summed E-state index contributed by atoms with van der Waals surface area (Å²) < 4.78 is 5.07. The highest BCUT2D eigenvalue weighted by atomic mass is 16.6. The van der Waals surface area contributed by atoms with Gasteiger partial charge in [-0.05, 0) is 25.2 Å². The van der Waals surface area contributed by atoms with E-state index in [1.54, 1.807) is 4.90 Å². The summed E-state index contributed by atoms with van der Waals surface area (Å²) >= 11 is 0. The van der Waals surface area contributed by atoms with Gasteiger partial charge in [0.25, 0.3) is 5.91 Å². The van der Waals surface area contributed by atoms with Crippen LogP contribution in [0, 0.1) is 5.92 Å². The summed E-state index contributed by atoms with van der Waals surface area (Å²) in [5.41, 5.74) is 5.10. The van der Waals surface area contributed by atoms with E-state index in [9.17, 15) is 9.59 Å². The van der Waals surface area contributed by atoms with Crippen molar-refractivity contribution in [1.82, 2.24) is 4.90 Å². The van der Waals surface area contributed by atoms with Gasteiger partial charge in [0.2, 0.25) is 0 Å². The first-order valence-electron chi connectivity index (χ1n) is 7.41. The van der Waals surface area contributed by atoms with Crippen molar-refractivity contribution in [3.63, 3.8) is 0 Å². The van der Waals surface area contributed by atoms with Crippen LogP contribution in [-0.2, 0) is 9.53 Å². The first-order chi connectivity index (χ1) is 9.16. The van der Waals surface area contributed by atoms with Gasteiger partial charge in [0.05, 0.1) is 0 Å². The fourth-order valence-electron chi connectivity index (χ4n) is 3.21. The summed E-state index contributed by atoms with van der Waals surface area (Å²) in [7, 11) is 0. The molecule has 2 aliphatic rings. The minimum Gasteiger partial charge on any atom is -0.436 e. The van der Waals surface area contributed by atoms with Crippen LogP contribution in [0.2, 0.25) is 0 Å². The molecule has 19 heavy (non-hydrogen) atoms. The smallest absolute Gasteiger partial charge is 0.405 e. The molecule has 0 unspecified atom stereocenters. The molecule has 2 amide bonds. The van der Waals surface area contributed by atoms with Crippen molar-refractivity contribution in [2.45, 2.75) is 57.5 Å².